The SMILES string of the molecule is CCCCCCCC/C=C\CCCCCCCC(=O)OC(O)C(OC(=O)CCCCCCC/C=C\CCCCCCCC)([N+](=O)[O-])C(C(O)O)([N+](=O)[O-])C(O)(OC(=O)CCCCCCC/C=C\CCCCCCCC)OC(=O)CCCCCCC/C=C\CCCCCCCC. The van der Waals surface area contributed by atoms with Gasteiger partial charge in [-0.3, -0.25) is 39.4 Å². The van der Waals surface area contributed by atoms with Crippen molar-refractivity contribution in [3.8, 4) is 0 Å². The van der Waals surface area contributed by atoms with E-state index < -0.39 is 89.2 Å². The van der Waals surface area contributed by atoms with E-state index >= 15 is 0 Å². The molecule has 95 heavy (non-hydrogen) atoms. The van der Waals surface area contributed by atoms with Gasteiger partial charge in [-0.25, -0.2) is 0 Å². The van der Waals surface area contributed by atoms with E-state index in [1.807, 2.05) is 0 Å². The van der Waals surface area contributed by atoms with E-state index in [0.29, 0.717) is 51.4 Å². The lowest BCUT2D eigenvalue weighted by atomic mass is 9.81. The van der Waals surface area contributed by atoms with Gasteiger partial charge >= 0.3 is 47.4 Å². The summed E-state index contributed by atoms with van der Waals surface area (Å²) in [7, 11) is 0. The van der Waals surface area contributed by atoms with Crippen molar-refractivity contribution in [2.24, 2.45) is 0 Å². The minimum atomic E-state index is -4.96. The van der Waals surface area contributed by atoms with Crippen molar-refractivity contribution < 1.29 is 68.4 Å². The van der Waals surface area contributed by atoms with Gasteiger partial charge in [0, 0.05) is 25.7 Å². The molecule has 18 heteroatoms. The topological polar surface area (TPSA) is 272 Å². The Bertz CT molecular complexity index is 1970. The first-order valence-corrected chi connectivity index (χ1v) is 38.6. The molecule has 0 rings (SSSR count). The molecule has 0 amide bonds. The summed E-state index contributed by atoms with van der Waals surface area (Å²) in [6.45, 7) is 8.78. The summed E-state index contributed by atoms with van der Waals surface area (Å²) in [5.41, 5.74) is -9.73. The van der Waals surface area contributed by atoms with Crippen molar-refractivity contribution in [3.63, 3.8) is 0 Å². The maximum atomic E-state index is 14.0. The molecule has 0 radical (unpaired) electrons. The van der Waals surface area contributed by atoms with Crippen LogP contribution in [0, 0.1) is 20.2 Å². The molecule has 0 aliphatic carbocycles. The highest BCUT2D eigenvalue weighted by Gasteiger charge is 2.95. The summed E-state index contributed by atoms with van der Waals surface area (Å²) in [5, 5.41) is 75.1. The van der Waals surface area contributed by atoms with Gasteiger partial charge in [-0.1, -0.05) is 282 Å². The highest BCUT2D eigenvalue weighted by Crippen LogP contribution is 2.47. The number of ether oxygens (including phenoxy) is 4. The molecule has 0 aromatic rings. The van der Waals surface area contributed by atoms with Crippen LogP contribution in [-0.4, -0.2) is 84.0 Å². The van der Waals surface area contributed by atoms with E-state index in [1.54, 1.807) is 0 Å². The Morgan fingerprint density at radius 2 is 0.537 bits per heavy atom. The maximum absolute atomic E-state index is 14.0. The Hall–Kier alpha value is -4.52. The predicted octanol–water partition coefficient (Wildman–Crippen LogP) is 20.6. The second kappa shape index (κ2) is 63.0. The van der Waals surface area contributed by atoms with Gasteiger partial charge in [-0.05, 0) is 128 Å². The van der Waals surface area contributed by atoms with Crippen LogP contribution >= 0.6 is 0 Å². The molecule has 0 bridgehead atoms. The van der Waals surface area contributed by atoms with Gasteiger partial charge in [-0.15, -0.1) is 0 Å². The molecule has 0 fully saturated rings. The second-order valence-electron chi connectivity index (χ2n) is 26.5. The molecular weight excluding hydrogens is 1210 g/mol. The van der Waals surface area contributed by atoms with Gasteiger partial charge in [-0.2, -0.15) is 0 Å². The smallest absolute Gasteiger partial charge is 0.423 e. The predicted molar refractivity (Wildman–Crippen MR) is 381 cm³/mol. The lowest BCUT2D eigenvalue weighted by molar-refractivity contribution is -0.779. The minimum Gasteiger partial charge on any atom is -0.423 e. The number of esters is 4. The summed E-state index contributed by atoms with van der Waals surface area (Å²) in [4.78, 5) is 79.5. The lowest BCUT2D eigenvalue weighted by Crippen LogP contribution is -2.84. The highest BCUT2D eigenvalue weighted by atomic mass is 16.9. The Balaban J connectivity index is 6.76. The first-order chi connectivity index (χ1) is 46.1. The Kier molecular flexibility index (Phi) is 60.0. The molecule has 18 nitrogen and oxygen atoms in total. The maximum Gasteiger partial charge on any atom is 0.513 e. The molecule has 0 spiro atoms. The molecule has 0 aliphatic rings. The van der Waals surface area contributed by atoms with Crippen LogP contribution in [0.4, 0.5) is 0 Å². The first-order valence-electron chi connectivity index (χ1n) is 38.6. The van der Waals surface area contributed by atoms with E-state index in [9.17, 15) is 59.8 Å². The van der Waals surface area contributed by atoms with Crippen molar-refractivity contribution >= 4 is 23.9 Å². The van der Waals surface area contributed by atoms with Gasteiger partial charge in [0.15, 0.2) is 0 Å². The zero-order chi connectivity index (χ0) is 70.2. The normalized spacial score (nSPS) is 13.7. The number of nitro groups is 2. The summed E-state index contributed by atoms with van der Waals surface area (Å²) < 4.78 is 20.9. The first kappa shape index (κ1) is 90.5. The summed E-state index contributed by atoms with van der Waals surface area (Å²) in [6, 6.07) is 0. The Labute approximate surface area is 575 Å². The average molecular weight is 1350 g/mol. The van der Waals surface area contributed by atoms with Gasteiger partial charge in [0.25, 0.3) is 0 Å². The molecule has 3 unspecified atom stereocenters. The fourth-order valence-corrected chi connectivity index (χ4v) is 11.9. The van der Waals surface area contributed by atoms with E-state index in [4.69, 9.17) is 18.9 Å². The van der Waals surface area contributed by atoms with Crippen molar-refractivity contribution in [3.05, 3.63) is 68.8 Å². The van der Waals surface area contributed by atoms with Gasteiger partial charge in [0.1, 0.15) is 0 Å². The molecule has 4 N–H and O–H groups in total. The quantitative estimate of drug-likeness (QED) is 0.00838. The van der Waals surface area contributed by atoms with Crippen LogP contribution < -0.4 is 0 Å². The van der Waals surface area contributed by atoms with E-state index in [2.05, 4.69) is 76.3 Å². The number of hydrogen-bond donors (Lipinski definition) is 4. The number of rotatable bonds is 70. The molecule has 0 aliphatic heterocycles. The van der Waals surface area contributed by atoms with E-state index in [0.717, 1.165) is 128 Å². The molecule has 0 heterocycles. The molecule has 0 aromatic carbocycles. The lowest BCUT2D eigenvalue weighted by Gasteiger charge is -2.43. The van der Waals surface area contributed by atoms with Crippen LogP contribution in [0.15, 0.2) is 48.6 Å². The molecule has 0 saturated heterocycles. The highest BCUT2D eigenvalue weighted by molar-refractivity contribution is 5.73. The summed E-state index contributed by atoms with van der Waals surface area (Å²) in [6.07, 6.45) is 55.3. The van der Waals surface area contributed by atoms with Crippen LogP contribution in [0.25, 0.3) is 0 Å². The van der Waals surface area contributed by atoms with Gasteiger partial charge in [0.2, 0.25) is 6.29 Å². The largest absolute Gasteiger partial charge is 0.513 e. The molecular formula is C77H138N2O16. The third kappa shape index (κ3) is 44.2. The van der Waals surface area contributed by atoms with E-state index in [-0.39, 0.29) is 25.7 Å². The van der Waals surface area contributed by atoms with E-state index in [1.165, 1.54) is 128 Å². The molecule has 0 saturated carbocycles. The number of hydrogen-bond acceptors (Lipinski definition) is 16. The summed E-state index contributed by atoms with van der Waals surface area (Å²) >= 11 is 0. The molecule has 3 atom stereocenters. The number of nitrogens with zero attached hydrogens (tertiary/aromatic N) is 2. The summed E-state index contributed by atoms with van der Waals surface area (Å²) in [5.74, 6) is -10.8. The molecule has 0 aromatic heterocycles. The standard InChI is InChI=1S/C77H138N2O16/c1-5-9-13-17-21-25-29-33-37-41-45-49-53-57-61-65-69(80)92-74(86)76(79(90)91,93-70(81)66-62-58-54-50-46-42-38-34-30-26-22-18-14-10-6-2)75(73(84)85,78(88)89)77(87,94-71(82)67-63-59-55-51-47-43-39-35-31-27-23-19-15-11-7-3)95-72(83)68-64-60-56-52-48-44-40-36-32-28-24-20-16-12-8-4/h33-40,73-74,84-87H,5-32,41-68H2,1-4H3/b37-33-,38-34-,39-35-,40-36-. The van der Waals surface area contributed by atoms with Crippen molar-refractivity contribution in [1.29, 1.82) is 0 Å². The zero-order valence-electron chi connectivity index (χ0n) is 60.5. The minimum absolute atomic E-state index is 0.000839. The van der Waals surface area contributed by atoms with Crippen LogP contribution in [0.3, 0.4) is 0 Å². The van der Waals surface area contributed by atoms with Crippen LogP contribution in [-0.2, 0) is 38.1 Å². The number of carbonyl (C=O) groups excluding carboxylic acids is 4. The van der Waals surface area contributed by atoms with Crippen LogP contribution in [0.2, 0.25) is 0 Å². The fraction of sp³-hybridized carbons (Fsp3) is 0.844. The second-order valence-corrected chi connectivity index (χ2v) is 26.5. The fourth-order valence-electron chi connectivity index (χ4n) is 11.9. The number of unbranched alkanes of at least 4 members (excludes halogenated alkanes) is 44. The Morgan fingerprint density at radius 1 is 0.326 bits per heavy atom. The van der Waals surface area contributed by atoms with Crippen molar-refractivity contribution in [2.75, 3.05) is 0 Å². The van der Waals surface area contributed by atoms with Crippen molar-refractivity contribution in [1.82, 2.24) is 0 Å². The molecule has 552 valence electrons. The Morgan fingerprint density at radius 3 is 0.758 bits per heavy atom. The van der Waals surface area contributed by atoms with Gasteiger partial charge < -0.3 is 39.4 Å². The van der Waals surface area contributed by atoms with Gasteiger partial charge in [0.05, 0.1) is 9.85 Å². The van der Waals surface area contributed by atoms with Crippen LogP contribution in [0.5, 0.6) is 0 Å². The van der Waals surface area contributed by atoms with Crippen molar-refractivity contribution in [2.45, 2.75) is 417 Å². The third-order valence-corrected chi connectivity index (χ3v) is 17.9. The number of allylic oxidation sites excluding steroid dienone is 8. The third-order valence-electron chi connectivity index (χ3n) is 17.9. The number of aliphatic hydroxyl groups is 4. The van der Waals surface area contributed by atoms with Crippen LogP contribution in [0.1, 0.15) is 387 Å². The monoisotopic (exact) mass is 1350 g/mol. The average Bonchev–Trinajstić information content (AvgIpc) is 0.697. The number of aliphatic hydroxyl groups excluding tert-OH is 2. The zero-order valence-corrected chi connectivity index (χ0v) is 60.5. The number of carbonyl (C=O) groups is 4.